The van der Waals surface area contributed by atoms with Crippen LogP contribution in [0.15, 0.2) is 48.5 Å². The lowest BCUT2D eigenvalue weighted by atomic mass is 10.1. The maximum Gasteiger partial charge on any atom is 0.244 e. The van der Waals surface area contributed by atoms with Gasteiger partial charge in [-0.15, -0.1) is 0 Å². The number of halogens is 2. The lowest BCUT2D eigenvalue weighted by Crippen LogP contribution is -2.53. The largest absolute Gasteiger partial charge is 0.352 e. The van der Waals surface area contributed by atoms with Crippen LogP contribution < -0.4 is 9.62 Å². The SMILES string of the molecule is CCC(C(=O)NC(C)C)N(Cc1ccccc1)C(=O)CN(c1ccc(F)c(Cl)c1)S(C)(=O)=O. The molecule has 0 bridgehead atoms. The smallest absolute Gasteiger partial charge is 0.244 e. The van der Waals surface area contributed by atoms with Crippen molar-refractivity contribution in [2.45, 2.75) is 45.8 Å². The first-order valence-corrected chi connectivity index (χ1v) is 12.7. The van der Waals surface area contributed by atoms with Gasteiger partial charge in [0.15, 0.2) is 0 Å². The molecule has 180 valence electrons. The Morgan fingerprint density at radius 3 is 2.27 bits per heavy atom. The molecule has 2 aromatic rings. The molecule has 0 spiro atoms. The zero-order valence-corrected chi connectivity index (χ0v) is 20.7. The van der Waals surface area contributed by atoms with E-state index < -0.39 is 34.3 Å². The van der Waals surface area contributed by atoms with Crippen LogP contribution in [0.5, 0.6) is 0 Å². The van der Waals surface area contributed by atoms with Gasteiger partial charge < -0.3 is 10.2 Å². The highest BCUT2D eigenvalue weighted by Gasteiger charge is 2.32. The molecule has 1 atom stereocenters. The molecular weight excluding hydrogens is 469 g/mol. The maximum absolute atomic E-state index is 13.6. The highest BCUT2D eigenvalue weighted by molar-refractivity contribution is 7.92. The van der Waals surface area contributed by atoms with Crippen molar-refractivity contribution in [3.8, 4) is 0 Å². The molecule has 0 heterocycles. The second-order valence-electron chi connectivity index (χ2n) is 7.96. The summed E-state index contributed by atoms with van der Waals surface area (Å²) in [5.74, 6) is -1.61. The molecule has 0 aliphatic heterocycles. The number of rotatable bonds is 10. The Labute approximate surface area is 199 Å². The second kappa shape index (κ2) is 11.5. The molecule has 33 heavy (non-hydrogen) atoms. The summed E-state index contributed by atoms with van der Waals surface area (Å²) in [6.07, 6.45) is 1.28. The standard InChI is InChI=1S/C23H29ClFN3O4S/c1-5-21(23(30)26-16(2)3)27(14-17-9-7-6-8-10-17)22(29)15-28(33(4,31)32)18-11-12-20(25)19(24)13-18/h6-13,16,21H,5,14-15H2,1-4H3,(H,26,30). The lowest BCUT2D eigenvalue weighted by molar-refractivity contribution is -0.140. The summed E-state index contributed by atoms with van der Waals surface area (Å²) in [6, 6.07) is 11.6. The Bertz CT molecular complexity index is 1080. The zero-order chi connectivity index (χ0) is 24.8. The first kappa shape index (κ1) is 26.6. The summed E-state index contributed by atoms with van der Waals surface area (Å²) in [4.78, 5) is 27.7. The van der Waals surface area contributed by atoms with Crippen LogP contribution in [0.25, 0.3) is 0 Å². The average Bonchev–Trinajstić information content (AvgIpc) is 2.73. The van der Waals surface area contributed by atoms with Crippen LogP contribution in [0.3, 0.4) is 0 Å². The number of carbonyl (C=O) groups excluding carboxylic acids is 2. The zero-order valence-electron chi connectivity index (χ0n) is 19.1. The van der Waals surface area contributed by atoms with Gasteiger partial charge in [-0.25, -0.2) is 12.8 Å². The van der Waals surface area contributed by atoms with Gasteiger partial charge in [0.2, 0.25) is 21.8 Å². The minimum absolute atomic E-state index is 0.0524. The van der Waals surface area contributed by atoms with E-state index in [1.165, 1.54) is 11.0 Å². The highest BCUT2D eigenvalue weighted by atomic mass is 35.5. The molecule has 0 saturated carbocycles. The fourth-order valence-corrected chi connectivity index (χ4v) is 4.35. The number of nitrogens with zero attached hydrogens (tertiary/aromatic N) is 2. The quantitative estimate of drug-likeness (QED) is 0.543. The Balaban J connectivity index is 2.43. The van der Waals surface area contributed by atoms with E-state index in [0.717, 1.165) is 28.3 Å². The van der Waals surface area contributed by atoms with E-state index in [4.69, 9.17) is 11.6 Å². The van der Waals surface area contributed by atoms with Gasteiger partial charge in [0.05, 0.1) is 17.0 Å². The van der Waals surface area contributed by atoms with E-state index in [9.17, 15) is 22.4 Å². The summed E-state index contributed by atoms with van der Waals surface area (Å²) in [5, 5.41) is 2.55. The fourth-order valence-electron chi connectivity index (χ4n) is 3.33. The number of hydrogen-bond acceptors (Lipinski definition) is 4. The van der Waals surface area contributed by atoms with Gasteiger partial charge in [0.25, 0.3) is 0 Å². The van der Waals surface area contributed by atoms with Crippen molar-refractivity contribution in [2.24, 2.45) is 0 Å². The molecule has 10 heteroatoms. The van der Waals surface area contributed by atoms with Crippen molar-refractivity contribution in [3.63, 3.8) is 0 Å². The molecular formula is C23H29ClFN3O4S. The van der Waals surface area contributed by atoms with Gasteiger partial charge in [-0.1, -0.05) is 48.9 Å². The lowest BCUT2D eigenvalue weighted by Gasteiger charge is -2.33. The number of sulfonamides is 1. The molecule has 0 radical (unpaired) electrons. The van der Waals surface area contributed by atoms with Crippen LogP contribution in [-0.2, 0) is 26.2 Å². The van der Waals surface area contributed by atoms with Gasteiger partial charge in [0, 0.05) is 12.6 Å². The van der Waals surface area contributed by atoms with Gasteiger partial charge in [0.1, 0.15) is 18.4 Å². The minimum atomic E-state index is -3.92. The summed E-state index contributed by atoms with van der Waals surface area (Å²) in [5.41, 5.74) is 0.842. The summed E-state index contributed by atoms with van der Waals surface area (Å²) in [6.45, 7) is 4.96. The van der Waals surface area contributed by atoms with Crippen molar-refractivity contribution in [2.75, 3.05) is 17.1 Å². The topological polar surface area (TPSA) is 86.8 Å². The fraction of sp³-hybridized carbons (Fsp3) is 0.391. The molecule has 0 aliphatic rings. The van der Waals surface area contributed by atoms with E-state index in [2.05, 4.69) is 5.32 Å². The third-order valence-corrected chi connectivity index (χ3v) is 6.31. The molecule has 2 rings (SSSR count). The van der Waals surface area contributed by atoms with Crippen molar-refractivity contribution < 1.29 is 22.4 Å². The molecule has 0 aliphatic carbocycles. The summed E-state index contributed by atoms with van der Waals surface area (Å²) in [7, 11) is -3.92. The van der Waals surface area contributed by atoms with Gasteiger partial charge in [-0.3, -0.25) is 13.9 Å². The molecule has 2 aromatic carbocycles. The van der Waals surface area contributed by atoms with Gasteiger partial charge in [-0.2, -0.15) is 0 Å². The van der Waals surface area contributed by atoms with E-state index in [1.54, 1.807) is 6.92 Å². The van der Waals surface area contributed by atoms with Crippen LogP contribution in [0.1, 0.15) is 32.8 Å². The predicted octanol–water partition coefficient (Wildman–Crippen LogP) is 3.58. The number of nitrogens with one attached hydrogen (secondary N) is 1. The molecule has 2 amide bonds. The highest BCUT2D eigenvalue weighted by Crippen LogP contribution is 2.25. The van der Waals surface area contributed by atoms with Crippen LogP contribution in [-0.4, -0.2) is 50.0 Å². The molecule has 7 nitrogen and oxygen atoms in total. The Hall–Kier alpha value is -2.65. The molecule has 0 fully saturated rings. The number of benzene rings is 2. The predicted molar refractivity (Wildman–Crippen MR) is 128 cm³/mol. The summed E-state index contributed by atoms with van der Waals surface area (Å²) < 4.78 is 39.5. The van der Waals surface area contributed by atoms with Crippen LogP contribution in [0.2, 0.25) is 5.02 Å². The molecule has 0 aromatic heterocycles. The van der Waals surface area contributed by atoms with Crippen molar-refractivity contribution in [1.29, 1.82) is 0 Å². The van der Waals surface area contributed by atoms with Crippen LogP contribution in [0, 0.1) is 5.82 Å². The van der Waals surface area contributed by atoms with Gasteiger partial charge in [-0.05, 0) is 44.0 Å². The number of carbonyl (C=O) groups is 2. The van der Waals surface area contributed by atoms with Crippen molar-refractivity contribution in [1.82, 2.24) is 10.2 Å². The van der Waals surface area contributed by atoms with Crippen LogP contribution in [0.4, 0.5) is 10.1 Å². The summed E-state index contributed by atoms with van der Waals surface area (Å²) >= 11 is 5.83. The average molecular weight is 498 g/mol. The number of hydrogen-bond donors (Lipinski definition) is 1. The Morgan fingerprint density at radius 1 is 1.12 bits per heavy atom. The maximum atomic E-state index is 13.6. The third-order valence-electron chi connectivity index (χ3n) is 4.88. The third kappa shape index (κ3) is 7.43. The van der Waals surface area contributed by atoms with Crippen molar-refractivity contribution in [3.05, 3.63) is 64.9 Å². The minimum Gasteiger partial charge on any atom is -0.352 e. The number of anilines is 1. The first-order chi connectivity index (χ1) is 15.4. The van der Waals surface area contributed by atoms with Crippen molar-refractivity contribution >= 4 is 39.1 Å². The van der Waals surface area contributed by atoms with E-state index in [1.807, 2.05) is 44.2 Å². The van der Waals surface area contributed by atoms with Crippen LogP contribution >= 0.6 is 11.6 Å². The van der Waals surface area contributed by atoms with Gasteiger partial charge >= 0.3 is 0 Å². The second-order valence-corrected chi connectivity index (χ2v) is 10.3. The monoisotopic (exact) mass is 497 g/mol. The Kier molecular flexibility index (Phi) is 9.25. The Morgan fingerprint density at radius 2 is 1.76 bits per heavy atom. The number of amides is 2. The van der Waals surface area contributed by atoms with E-state index >= 15 is 0 Å². The molecule has 0 saturated heterocycles. The molecule has 1 unspecified atom stereocenters. The normalized spacial score (nSPS) is 12.3. The van der Waals surface area contributed by atoms with E-state index in [-0.39, 0.29) is 29.2 Å². The first-order valence-electron chi connectivity index (χ1n) is 10.5. The molecule has 1 N–H and O–H groups in total. The van der Waals surface area contributed by atoms with E-state index in [0.29, 0.717) is 6.42 Å².